The van der Waals surface area contributed by atoms with Gasteiger partial charge in [0.2, 0.25) is 23.6 Å². The van der Waals surface area contributed by atoms with Crippen LogP contribution in [-0.4, -0.2) is 92.7 Å². The van der Waals surface area contributed by atoms with Gasteiger partial charge in [0.05, 0.1) is 19.1 Å². The number of nitrogens with one attached hydrogen (secondary N) is 3. The number of amides is 4. The molecule has 16 heteroatoms. The van der Waals surface area contributed by atoms with E-state index < -0.39 is 91.6 Å². The number of carbonyl (C=O) groups is 7. The minimum atomic E-state index is -1.85. The van der Waals surface area contributed by atoms with Gasteiger partial charge in [-0.05, 0) is 12.8 Å². The fourth-order valence-electron chi connectivity index (χ4n) is 2.36. The average Bonchev–Trinajstić information content (AvgIpc) is 2.71. The first kappa shape index (κ1) is 29.2. The number of hydrogen-bond donors (Lipinski definition) is 9. The van der Waals surface area contributed by atoms with Gasteiger partial charge < -0.3 is 47.8 Å². The lowest BCUT2D eigenvalue weighted by Gasteiger charge is -2.23. The highest BCUT2D eigenvalue weighted by Crippen LogP contribution is 2.03. The number of aliphatic carboxylic acids is 3. The lowest BCUT2D eigenvalue weighted by Crippen LogP contribution is -2.58. The SMILES string of the molecule is NC(=O)CCC(N)C(=O)NC(CCC(=O)O)C(=O)NC(CO)C(=O)NC(CC(=O)O)C(=O)O. The van der Waals surface area contributed by atoms with Gasteiger partial charge in [0.15, 0.2) is 0 Å². The molecule has 0 heterocycles. The monoisotopic (exact) mass is 477 g/mol. The number of carbonyl (C=O) groups excluding carboxylic acids is 4. The molecule has 0 aliphatic heterocycles. The molecule has 11 N–H and O–H groups in total. The molecule has 186 valence electrons. The third-order valence-electron chi connectivity index (χ3n) is 4.13. The molecule has 0 rings (SSSR count). The van der Waals surface area contributed by atoms with Crippen LogP contribution < -0.4 is 27.4 Å². The maximum Gasteiger partial charge on any atom is 0.326 e. The highest BCUT2D eigenvalue weighted by molar-refractivity contribution is 5.95. The van der Waals surface area contributed by atoms with Crippen molar-refractivity contribution in [3.8, 4) is 0 Å². The number of carboxylic acid groups (broad SMARTS) is 3. The van der Waals surface area contributed by atoms with Crippen molar-refractivity contribution in [1.82, 2.24) is 16.0 Å². The number of nitrogens with two attached hydrogens (primary N) is 2. The van der Waals surface area contributed by atoms with E-state index in [1.165, 1.54) is 0 Å². The Hall–Kier alpha value is -3.79. The minimum absolute atomic E-state index is 0.156. The fraction of sp³-hybridized carbons (Fsp3) is 0.588. The molecule has 0 saturated heterocycles. The molecular formula is C17H27N5O11. The minimum Gasteiger partial charge on any atom is -0.481 e. The van der Waals surface area contributed by atoms with Gasteiger partial charge >= 0.3 is 17.9 Å². The summed E-state index contributed by atoms with van der Waals surface area (Å²) in [7, 11) is 0. The van der Waals surface area contributed by atoms with Crippen molar-refractivity contribution < 1.29 is 54.0 Å². The van der Waals surface area contributed by atoms with Crippen LogP contribution in [0.4, 0.5) is 0 Å². The molecular weight excluding hydrogens is 450 g/mol. The van der Waals surface area contributed by atoms with E-state index in [1.807, 2.05) is 10.6 Å². The van der Waals surface area contributed by atoms with Crippen LogP contribution in [0.1, 0.15) is 32.1 Å². The zero-order chi connectivity index (χ0) is 25.7. The second-order valence-electron chi connectivity index (χ2n) is 6.85. The topological polar surface area (TPSA) is 289 Å². The first-order valence-electron chi connectivity index (χ1n) is 9.50. The normalized spacial score (nSPS) is 14.1. The summed E-state index contributed by atoms with van der Waals surface area (Å²) >= 11 is 0. The summed E-state index contributed by atoms with van der Waals surface area (Å²) in [6.45, 7) is -1.03. The maximum atomic E-state index is 12.5. The van der Waals surface area contributed by atoms with Gasteiger partial charge in [-0.1, -0.05) is 0 Å². The van der Waals surface area contributed by atoms with E-state index in [2.05, 4.69) is 5.32 Å². The number of rotatable bonds is 16. The number of aliphatic hydroxyl groups excluding tert-OH is 1. The molecule has 0 fully saturated rings. The summed E-state index contributed by atoms with van der Waals surface area (Å²) in [6, 6.07) is -6.39. The third-order valence-corrected chi connectivity index (χ3v) is 4.13. The van der Waals surface area contributed by atoms with Crippen molar-refractivity contribution in [2.24, 2.45) is 11.5 Å². The van der Waals surface area contributed by atoms with E-state index in [0.29, 0.717) is 0 Å². The standard InChI is InChI=1S/C17H27N5O11/c18-7(1-3-11(19)24)14(29)20-8(2-4-12(25)26)15(30)22-10(6-23)16(31)21-9(17(32)33)5-13(27)28/h7-10,23H,1-6,18H2,(H2,19,24)(H,20,29)(H,21,31)(H,22,30)(H,25,26)(H,27,28)(H,32,33). The summed E-state index contributed by atoms with van der Waals surface area (Å²) < 4.78 is 0. The van der Waals surface area contributed by atoms with E-state index in [0.717, 1.165) is 0 Å². The van der Waals surface area contributed by atoms with Gasteiger partial charge in [-0.15, -0.1) is 0 Å². The first-order valence-corrected chi connectivity index (χ1v) is 9.50. The molecule has 0 aliphatic carbocycles. The number of hydrogen-bond acceptors (Lipinski definition) is 9. The van der Waals surface area contributed by atoms with Gasteiger partial charge in [-0.2, -0.15) is 0 Å². The van der Waals surface area contributed by atoms with Crippen LogP contribution in [0.15, 0.2) is 0 Å². The van der Waals surface area contributed by atoms with Crippen LogP contribution in [0, 0.1) is 0 Å². The predicted octanol–water partition coefficient (Wildman–Crippen LogP) is -4.55. The summed E-state index contributed by atoms with van der Waals surface area (Å²) in [6.07, 6.45) is -2.38. The Balaban J connectivity index is 5.31. The third kappa shape index (κ3) is 12.0. The molecule has 0 aromatic carbocycles. The molecule has 0 aromatic rings. The Morgan fingerprint density at radius 1 is 0.697 bits per heavy atom. The van der Waals surface area contributed by atoms with Crippen molar-refractivity contribution in [3.63, 3.8) is 0 Å². The molecule has 0 spiro atoms. The van der Waals surface area contributed by atoms with Gasteiger partial charge in [0.1, 0.15) is 18.1 Å². The first-order chi connectivity index (χ1) is 15.3. The average molecular weight is 477 g/mol. The Bertz CT molecular complexity index is 772. The van der Waals surface area contributed by atoms with Crippen LogP contribution in [-0.2, 0) is 33.6 Å². The van der Waals surface area contributed by atoms with E-state index in [1.54, 1.807) is 0 Å². The molecule has 4 unspecified atom stereocenters. The molecule has 4 amide bonds. The van der Waals surface area contributed by atoms with Crippen LogP contribution in [0.3, 0.4) is 0 Å². The highest BCUT2D eigenvalue weighted by Gasteiger charge is 2.31. The zero-order valence-corrected chi connectivity index (χ0v) is 17.4. The van der Waals surface area contributed by atoms with E-state index in [4.69, 9.17) is 26.8 Å². The summed E-state index contributed by atoms with van der Waals surface area (Å²) in [5.41, 5.74) is 10.6. The molecule has 0 bridgehead atoms. The second kappa shape index (κ2) is 14.3. The zero-order valence-electron chi connectivity index (χ0n) is 17.4. The van der Waals surface area contributed by atoms with Crippen LogP contribution in [0.5, 0.6) is 0 Å². The Labute approximate surface area is 186 Å². The summed E-state index contributed by atoms with van der Waals surface area (Å²) in [4.78, 5) is 80.3. The highest BCUT2D eigenvalue weighted by atomic mass is 16.4. The van der Waals surface area contributed by atoms with Crippen LogP contribution in [0.2, 0.25) is 0 Å². The van der Waals surface area contributed by atoms with Crippen molar-refractivity contribution in [2.75, 3.05) is 6.61 Å². The van der Waals surface area contributed by atoms with Crippen molar-refractivity contribution >= 4 is 41.5 Å². The number of carboxylic acids is 3. The molecule has 0 aromatic heterocycles. The van der Waals surface area contributed by atoms with E-state index >= 15 is 0 Å². The molecule has 0 saturated carbocycles. The lowest BCUT2D eigenvalue weighted by molar-refractivity contribution is -0.147. The molecule has 0 radical (unpaired) electrons. The van der Waals surface area contributed by atoms with Crippen LogP contribution >= 0.6 is 0 Å². The van der Waals surface area contributed by atoms with Crippen molar-refractivity contribution in [3.05, 3.63) is 0 Å². The van der Waals surface area contributed by atoms with Crippen LogP contribution in [0.25, 0.3) is 0 Å². The fourth-order valence-corrected chi connectivity index (χ4v) is 2.36. The maximum absolute atomic E-state index is 12.5. The predicted molar refractivity (Wildman–Crippen MR) is 106 cm³/mol. The van der Waals surface area contributed by atoms with E-state index in [-0.39, 0.29) is 12.8 Å². The Morgan fingerprint density at radius 3 is 1.67 bits per heavy atom. The molecule has 16 nitrogen and oxygen atoms in total. The smallest absolute Gasteiger partial charge is 0.326 e. The van der Waals surface area contributed by atoms with Gasteiger partial charge in [0.25, 0.3) is 0 Å². The van der Waals surface area contributed by atoms with Crippen molar-refractivity contribution in [1.29, 1.82) is 0 Å². The van der Waals surface area contributed by atoms with Gasteiger partial charge in [-0.3, -0.25) is 28.8 Å². The largest absolute Gasteiger partial charge is 0.481 e. The van der Waals surface area contributed by atoms with Gasteiger partial charge in [-0.25, -0.2) is 4.79 Å². The number of primary amides is 1. The molecule has 33 heavy (non-hydrogen) atoms. The van der Waals surface area contributed by atoms with E-state index in [9.17, 15) is 38.7 Å². The quantitative estimate of drug-likeness (QED) is 0.101. The lowest BCUT2D eigenvalue weighted by atomic mass is 10.1. The van der Waals surface area contributed by atoms with Crippen molar-refractivity contribution in [2.45, 2.75) is 56.3 Å². The summed E-state index contributed by atoms with van der Waals surface area (Å²) in [5, 5.41) is 41.9. The summed E-state index contributed by atoms with van der Waals surface area (Å²) in [5.74, 6) is -8.50. The molecule has 0 aliphatic rings. The molecule has 4 atom stereocenters. The number of aliphatic hydroxyl groups is 1. The second-order valence-corrected chi connectivity index (χ2v) is 6.85. The Morgan fingerprint density at radius 2 is 1.21 bits per heavy atom. The Kier molecular flexibility index (Phi) is 12.7. The van der Waals surface area contributed by atoms with Gasteiger partial charge in [0, 0.05) is 12.8 Å².